The van der Waals surface area contributed by atoms with E-state index in [0.29, 0.717) is 17.8 Å². The highest BCUT2D eigenvalue weighted by molar-refractivity contribution is 6.17. The number of nitrogens with one attached hydrogen (secondary N) is 1. The molecular weight excluding hydrogens is 262 g/mol. The SMILES string of the molecule is O=c1c2c(NCC3CC3)cccc2ncn1CCCl. The summed E-state index contributed by atoms with van der Waals surface area (Å²) in [4.78, 5) is 16.8. The Hall–Kier alpha value is -1.55. The molecule has 1 aliphatic rings. The number of aromatic nitrogens is 2. The minimum atomic E-state index is -0.0236. The summed E-state index contributed by atoms with van der Waals surface area (Å²) in [5.74, 6) is 1.17. The first kappa shape index (κ1) is 12.5. The van der Waals surface area contributed by atoms with Gasteiger partial charge in [-0.15, -0.1) is 11.6 Å². The van der Waals surface area contributed by atoms with E-state index in [1.54, 1.807) is 10.9 Å². The molecule has 0 bridgehead atoms. The summed E-state index contributed by atoms with van der Waals surface area (Å²) < 4.78 is 1.57. The van der Waals surface area contributed by atoms with Gasteiger partial charge in [-0.25, -0.2) is 4.98 Å². The van der Waals surface area contributed by atoms with Crippen LogP contribution in [0.25, 0.3) is 10.9 Å². The van der Waals surface area contributed by atoms with Crippen molar-refractivity contribution in [2.24, 2.45) is 5.92 Å². The fourth-order valence-corrected chi connectivity index (χ4v) is 2.36. The zero-order valence-electron chi connectivity index (χ0n) is 10.6. The van der Waals surface area contributed by atoms with Gasteiger partial charge in [0.15, 0.2) is 0 Å². The summed E-state index contributed by atoms with van der Waals surface area (Å²) in [6, 6.07) is 5.73. The van der Waals surface area contributed by atoms with E-state index in [1.165, 1.54) is 12.8 Å². The van der Waals surface area contributed by atoms with Gasteiger partial charge in [0.2, 0.25) is 0 Å². The van der Waals surface area contributed by atoms with Crippen molar-refractivity contribution in [2.45, 2.75) is 19.4 Å². The molecule has 4 nitrogen and oxygen atoms in total. The Morgan fingerprint density at radius 2 is 2.26 bits per heavy atom. The van der Waals surface area contributed by atoms with E-state index in [0.717, 1.165) is 23.7 Å². The van der Waals surface area contributed by atoms with E-state index in [2.05, 4.69) is 10.3 Å². The molecule has 0 atom stereocenters. The Labute approximate surface area is 116 Å². The van der Waals surface area contributed by atoms with Gasteiger partial charge in [-0.05, 0) is 30.9 Å². The maximum Gasteiger partial charge on any atom is 0.263 e. The van der Waals surface area contributed by atoms with Crippen LogP contribution in [-0.2, 0) is 6.54 Å². The van der Waals surface area contributed by atoms with Gasteiger partial charge >= 0.3 is 0 Å². The predicted molar refractivity (Wildman–Crippen MR) is 77.9 cm³/mol. The standard InChI is InChI=1S/C14H16ClN3O/c15-6-7-18-9-17-12-3-1-2-11(13(12)14(18)19)16-8-10-4-5-10/h1-3,9-10,16H,4-8H2. The number of benzene rings is 1. The van der Waals surface area contributed by atoms with Crippen molar-refractivity contribution < 1.29 is 0 Å². The van der Waals surface area contributed by atoms with Gasteiger partial charge in [-0.1, -0.05) is 6.07 Å². The Morgan fingerprint density at radius 1 is 1.42 bits per heavy atom. The van der Waals surface area contributed by atoms with E-state index < -0.39 is 0 Å². The highest BCUT2D eigenvalue weighted by atomic mass is 35.5. The minimum Gasteiger partial charge on any atom is -0.384 e. The fraction of sp³-hybridized carbons (Fsp3) is 0.429. The van der Waals surface area contributed by atoms with Gasteiger partial charge in [0.25, 0.3) is 5.56 Å². The van der Waals surface area contributed by atoms with Gasteiger partial charge in [-0.2, -0.15) is 0 Å². The monoisotopic (exact) mass is 277 g/mol. The maximum atomic E-state index is 12.4. The summed E-state index contributed by atoms with van der Waals surface area (Å²) in [7, 11) is 0. The second kappa shape index (κ2) is 5.21. The summed E-state index contributed by atoms with van der Waals surface area (Å²) in [6.07, 6.45) is 4.14. The Bertz CT molecular complexity index is 649. The van der Waals surface area contributed by atoms with Crippen LogP contribution in [0.3, 0.4) is 0 Å². The highest BCUT2D eigenvalue weighted by Crippen LogP contribution is 2.29. The van der Waals surface area contributed by atoms with E-state index >= 15 is 0 Å². The molecule has 5 heteroatoms. The smallest absolute Gasteiger partial charge is 0.263 e. The van der Waals surface area contributed by atoms with Crippen LogP contribution in [-0.4, -0.2) is 22.0 Å². The van der Waals surface area contributed by atoms with Crippen molar-refractivity contribution in [3.8, 4) is 0 Å². The molecule has 1 aromatic carbocycles. The topological polar surface area (TPSA) is 46.9 Å². The fourth-order valence-electron chi connectivity index (χ4n) is 2.17. The first-order valence-corrected chi connectivity index (χ1v) is 7.11. The lowest BCUT2D eigenvalue weighted by Gasteiger charge is -2.10. The van der Waals surface area contributed by atoms with Gasteiger partial charge in [-0.3, -0.25) is 9.36 Å². The molecule has 0 unspecified atom stereocenters. The number of hydrogen-bond donors (Lipinski definition) is 1. The number of nitrogens with zero attached hydrogens (tertiary/aromatic N) is 2. The van der Waals surface area contributed by atoms with E-state index in [9.17, 15) is 4.79 Å². The molecule has 1 N–H and O–H groups in total. The first-order valence-electron chi connectivity index (χ1n) is 6.57. The van der Waals surface area contributed by atoms with Crippen molar-refractivity contribution in [1.82, 2.24) is 9.55 Å². The van der Waals surface area contributed by atoms with Gasteiger partial charge in [0.05, 0.1) is 17.2 Å². The molecular formula is C14H16ClN3O. The maximum absolute atomic E-state index is 12.4. The van der Waals surface area contributed by atoms with Crippen LogP contribution >= 0.6 is 11.6 Å². The van der Waals surface area contributed by atoms with Crippen molar-refractivity contribution >= 4 is 28.2 Å². The lowest BCUT2D eigenvalue weighted by atomic mass is 10.2. The number of anilines is 1. The van der Waals surface area contributed by atoms with E-state index in [-0.39, 0.29) is 5.56 Å². The Kier molecular flexibility index (Phi) is 3.42. The normalized spacial score (nSPS) is 14.8. The molecule has 1 heterocycles. The van der Waals surface area contributed by atoms with Crippen molar-refractivity contribution in [2.75, 3.05) is 17.7 Å². The molecule has 19 heavy (non-hydrogen) atoms. The molecule has 0 amide bonds. The summed E-state index contributed by atoms with van der Waals surface area (Å²) >= 11 is 5.71. The molecule has 1 fully saturated rings. The molecule has 0 saturated heterocycles. The molecule has 1 aromatic heterocycles. The van der Waals surface area contributed by atoms with Crippen LogP contribution in [0.15, 0.2) is 29.3 Å². The Morgan fingerprint density at radius 3 is 3.00 bits per heavy atom. The number of fused-ring (bicyclic) bond motifs is 1. The van der Waals surface area contributed by atoms with Crippen LogP contribution in [0, 0.1) is 5.92 Å². The molecule has 0 aliphatic heterocycles. The summed E-state index contributed by atoms with van der Waals surface area (Å²) in [6.45, 7) is 1.42. The van der Waals surface area contributed by atoms with Crippen molar-refractivity contribution in [3.63, 3.8) is 0 Å². The molecule has 1 saturated carbocycles. The number of halogens is 1. The average molecular weight is 278 g/mol. The summed E-state index contributed by atoms with van der Waals surface area (Å²) in [5, 5.41) is 4.04. The molecule has 2 aromatic rings. The van der Waals surface area contributed by atoms with Gasteiger partial charge in [0.1, 0.15) is 0 Å². The zero-order chi connectivity index (χ0) is 13.2. The number of hydrogen-bond acceptors (Lipinski definition) is 3. The largest absolute Gasteiger partial charge is 0.384 e. The van der Waals surface area contributed by atoms with E-state index in [1.807, 2.05) is 18.2 Å². The number of rotatable bonds is 5. The van der Waals surface area contributed by atoms with Gasteiger partial charge < -0.3 is 5.32 Å². The van der Waals surface area contributed by atoms with Crippen LogP contribution < -0.4 is 10.9 Å². The third-order valence-electron chi connectivity index (χ3n) is 3.46. The van der Waals surface area contributed by atoms with Crippen LogP contribution in [0.4, 0.5) is 5.69 Å². The predicted octanol–water partition coefficient (Wildman–Crippen LogP) is 2.46. The number of alkyl halides is 1. The minimum absolute atomic E-state index is 0.0236. The highest BCUT2D eigenvalue weighted by Gasteiger charge is 2.21. The van der Waals surface area contributed by atoms with Crippen LogP contribution in [0.5, 0.6) is 0 Å². The van der Waals surface area contributed by atoms with Crippen LogP contribution in [0.1, 0.15) is 12.8 Å². The quantitative estimate of drug-likeness (QED) is 0.854. The van der Waals surface area contributed by atoms with E-state index in [4.69, 9.17) is 11.6 Å². The van der Waals surface area contributed by atoms with Crippen molar-refractivity contribution in [1.29, 1.82) is 0 Å². The van der Waals surface area contributed by atoms with Crippen molar-refractivity contribution in [3.05, 3.63) is 34.9 Å². The third kappa shape index (κ3) is 2.59. The molecule has 0 radical (unpaired) electrons. The lowest BCUT2D eigenvalue weighted by molar-refractivity contribution is 0.722. The van der Waals surface area contributed by atoms with Crippen LogP contribution in [0.2, 0.25) is 0 Å². The molecule has 1 aliphatic carbocycles. The second-order valence-corrected chi connectivity index (χ2v) is 5.33. The lowest BCUT2D eigenvalue weighted by Crippen LogP contribution is -2.22. The second-order valence-electron chi connectivity index (χ2n) is 4.96. The third-order valence-corrected chi connectivity index (χ3v) is 3.63. The van der Waals surface area contributed by atoms with Gasteiger partial charge in [0, 0.05) is 24.7 Å². The first-order chi connectivity index (χ1) is 9.29. The molecule has 3 rings (SSSR count). The Balaban J connectivity index is 2.04. The number of aryl methyl sites for hydroxylation is 1. The zero-order valence-corrected chi connectivity index (χ0v) is 11.4. The average Bonchev–Trinajstić information content (AvgIpc) is 3.24. The molecule has 100 valence electrons. The summed E-state index contributed by atoms with van der Waals surface area (Å²) in [5.41, 5.74) is 1.59. The molecule has 0 spiro atoms.